The third-order valence-corrected chi connectivity index (χ3v) is 4.52. The molecule has 2 rings (SSSR count). The maximum absolute atomic E-state index is 12.0. The largest absolute Gasteiger partial charge is 0.476 e. The first kappa shape index (κ1) is 23.4. The highest BCUT2D eigenvalue weighted by Gasteiger charge is 2.56. The molecule has 1 aliphatic rings. The molecule has 0 aliphatic carbocycles. The van der Waals surface area contributed by atoms with Crippen molar-refractivity contribution in [2.45, 2.75) is 49.6 Å². The second-order valence-corrected chi connectivity index (χ2v) is 6.73. The van der Waals surface area contributed by atoms with Crippen molar-refractivity contribution in [2.24, 2.45) is 0 Å². The lowest BCUT2D eigenvalue weighted by Crippen LogP contribution is -2.68. The van der Waals surface area contributed by atoms with Gasteiger partial charge >= 0.3 is 11.8 Å². The number of ether oxygens (including phenoxy) is 2. The molecule has 6 N–H and O–H groups in total. The van der Waals surface area contributed by atoms with E-state index in [1.165, 1.54) is 0 Å². The zero-order valence-electron chi connectivity index (χ0n) is 15.7. The van der Waals surface area contributed by atoms with Crippen LogP contribution in [0.2, 0.25) is 0 Å². The summed E-state index contributed by atoms with van der Waals surface area (Å²) in [6, 6.07) is 3.03. The summed E-state index contributed by atoms with van der Waals surface area (Å²) >= 11 is 0. The first-order valence-corrected chi connectivity index (χ1v) is 8.77. The number of benzene rings is 1. The fourth-order valence-corrected chi connectivity index (χ4v) is 3.06. The maximum Gasteiger partial charge on any atom is 0.377 e. The Kier molecular flexibility index (Phi) is 7.28. The molecular formula is C17H22N2O11. The average Bonchev–Trinajstić information content (AvgIpc) is 2.68. The molecule has 1 fully saturated rings. The third kappa shape index (κ3) is 5.01. The summed E-state index contributed by atoms with van der Waals surface area (Å²) in [5.41, 5.74) is -0.276. The van der Waals surface area contributed by atoms with Gasteiger partial charge in [-0.25, -0.2) is 4.79 Å². The number of hydrogen-bond donors (Lipinski definition) is 6. The Bertz CT molecular complexity index is 786. The van der Waals surface area contributed by atoms with E-state index in [4.69, 9.17) is 14.6 Å². The van der Waals surface area contributed by atoms with Crippen LogP contribution in [0.1, 0.15) is 13.3 Å². The maximum atomic E-state index is 12.0. The van der Waals surface area contributed by atoms with Crippen LogP contribution in [0.15, 0.2) is 24.3 Å². The number of carboxylic acids is 1. The van der Waals surface area contributed by atoms with Crippen LogP contribution in [0.25, 0.3) is 0 Å². The molecule has 4 unspecified atom stereocenters. The van der Waals surface area contributed by atoms with Gasteiger partial charge in [0.2, 0.25) is 5.91 Å². The van der Waals surface area contributed by atoms with E-state index in [0.29, 0.717) is 0 Å². The SMILES string of the molecule is CC(=O)NC1C(O)CC(Oc2ccc([N+](=O)[O-])cc2)(C(=O)O)OC1[C@@H](O)[C@H](O)CO. The Labute approximate surface area is 169 Å². The number of carbonyl (C=O) groups is 2. The lowest BCUT2D eigenvalue weighted by molar-refractivity contribution is -0.384. The molecule has 0 radical (unpaired) electrons. The number of hydrogen-bond acceptors (Lipinski definition) is 10. The molecule has 13 heteroatoms. The van der Waals surface area contributed by atoms with Gasteiger partial charge in [0.05, 0.1) is 30.1 Å². The van der Waals surface area contributed by atoms with Crippen molar-refractivity contribution in [1.29, 1.82) is 0 Å². The second-order valence-electron chi connectivity index (χ2n) is 6.73. The Morgan fingerprint density at radius 3 is 2.43 bits per heavy atom. The number of aliphatic carboxylic acids is 1. The van der Waals surface area contributed by atoms with Crippen molar-refractivity contribution in [3.05, 3.63) is 34.4 Å². The van der Waals surface area contributed by atoms with E-state index in [-0.39, 0.29) is 11.4 Å². The number of aliphatic hydroxyl groups excluding tert-OH is 4. The first-order chi connectivity index (χ1) is 14.0. The summed E-state index contributed by atoms with van der Waals surface area (Å²) in [6.45, 7) is 0.207. The highest BCUT2D eigenvalue weighted by atomic mass is 16.7. The molecule has 1 aromatic rings. The van der Waals surface area contributed by atoms with Crippen LogP contribution in [0.3, 0.4) is 0 Å². The fraction of sp³-hybridized carbons (Fsp3) is 0.529. The number of nitro benzene ring substituents is 1. The van der Waals surface area contributed by atoms with Crippen LogP contribution in [0, 0.1) is 10.1 Å². The van der Waals surface area contributed by atoms with Crippen LogP contribution in [0.5, 0.6) is 5.75 Å². The zero-order valence-corrected chi connectivity index (χ0v) is 15.7. The van der Waals surface area contributed by atoms with Gasteiger partial charge in [0.25, 0.3) is 5.69 Å². The zero-order chi connectivity index (χ0) is 22.6. The summed E-state index contributed by atoms with van der Waals surface area (Å²) in [5, 5.41) is 62.5. The van der Waals surface area contributed by atoms with Crippen molar-refractivity contribution < 1.29 is 49.5 Å². The lowest BCUT2D eigenvalue weighted by atomic mass is 9.88. The van der Waals surface area contributed by atoms with Crippen molar-refractivity contribution in [1.82, 2.24) is 5.32 Å². The van der Waals surface area contributed by atoms with Crippen LogP contribution in [0.4, 0.5) is 5.69 Å². The van der Waals surface area contributed by atoms with E-state index >= 15 is 0 Å². The summed E-state index contributed by atoms with van der Waals surface area (Å²) in [7, 11) is 0. The molecule has 1 aliphatic heterocycles. The monoisotopic (exact) mass is 430 g/mol. The quantitative estimate of drug-likeness (QED) is 0.199. The molecule has 0 bridgehead atoms. The molecule has 1 aromatic carbocycles. The van der Waals surface area contributed by atoms with Gasteiger partial charge in [-0.1, -0.05) is 0 Å². The van der Waals surface area contributed by atoms with E-state index in [2.05, 4.69) is 5.32 Å². The minimum atomic E-state index is -2.56. The van der Waals surface area contributed by atoms with Crippen LogP contribution in [-0.4, -0.2) is 85.2 Å². The van der Waals surface area contributed by atoms with E-state index in [1.54, 1.807) is 0 Å². The molecular weight excluding hydrogens is 408 g/mol. The van der Waals surface area contributed by atoms with Gasteiger partial charge in [-0.3, -0.25) is 14.9 Å². The van der Waals surface area contributed by atoms with Gasteiger partial charge in [0, 0.05) is 19.1 Å². The average molecular weight is 430 g/mol. The molecule has 1 saturated heterocycles. The number of nitrogens with zero attached hydrogens (tertiary/aromatic N) is 1. The Morgan fingerprint density at radius 2 is 1.97 bits per heavy atom. The number of carboxylic acid groups (broad SMARTS) is 1. The standard InChI is InChI=1S/C17H22N2O11/c1-8(21)18-13-11(22)6-17(16(25)26,30-15(13)14(24)12(23)7-20)29-10-4-2-9(3-5-10)19(27)28/h2-5,11-15,20,22-24H,6-7H2,1H3,(H,18,21)(H,25,26)/t11?,12-,13?,14+,15?,17?/m1/s1. The van der Waals surface area contributed by atoms with Crippen molar-refractivity contribution in [3.8, 4) is 5.75 Å². The molecule has 166 valence electrons. The number of aliphatic hydroxyl groups is 4. The predicted octanol–water partition coefficient (Wildman–Crippen LogP) is -1.88. The van der Waals surface area contributed by atoms with Crippen LogP contribution >= 0.6 is 0 Å². The summed E-state index contributed by atoms with van der Waals surface area (Å²) in [6.07, 6.45) is -7.65. The number of carbonyl (C=O) groups excluding carboxylic acids is 1. The van der Waals surface area contributed by atoms with Crippen molar-refractivity contribution in [3.63, 3.8) is 0 Å². The molecule has 1 amide bonds. The number of amides is 1. The minimum absolute atomic E-state index is 0.149. The number of nitro groups is 1. The second kappa shape index (κ2) is 9.32. The third-order valence-electron chi connectivity index (χ3n) is 4.52. The summed E-state index contributed by atoms with van der Waals surface area (Å²) < 4.78 is 10.8. The van der Waals surface area contributed by atoms with E-state index < -0.39 is 66.1 Å². The molecule has 0 saturated carbocycles. The number of rotatable bonds is 8. The number of nitrogens with one attached hydrogen (secondary N) is 1. The van der Waals surface area contributed by atoms with E-state index in [0.717, 1.165) is 31.2 Å². The highest BCUT2D eigenvalue weighted by molar-refractivity contribution is 5.77. The number of non-ortho nitro benzene ring substituents is 1. The van der Waals surface area contributed by atoms with Gasteiger partial charge < -0.3 is 40.3 Å². The minimum Gasteiger partial charge on any atom is -0.476 e. The van der Waals surface area contributed by atoms with Gasteiger partial charge in [0.1, 0.15) is 24.1 Å². The molecule has 0 spiro atoms. The molecule has 1 heterocycles. The normalized spacial score (nSPS) is 28.2. The van der Waals surface area contributed by atoms with Gasteiger partial charge in [-0.15, -0.1) is 0 Å². The summed E-state index contributed by atoms with van der Waals surface area (Å²) in [4.78, 5) is 33.5. The van der Waals surface area contributed by atoms with Crippen molar-refractivity contribution in [2.75, 3.05) is 6.61 Å². The van der Waals surface area contributed by atoms with Crippen LogP contribution in [-0.2, 0) is 14.3 Å². The predicted molar refractivity (Wildman–Crippen MR) is 96.3 cm³/mol. The van der Waals surface area contributed by atoms with E-state index in [9.17, 15) is 40.1 Å². The first-order valence-electron chi connectivity index (χ1n) is 8.77. The highest BCUT2D eigenvalue weighted by Crippen LogP contribution is 2.35. The van der Waals surface area contributed by atoms with Crippen molar-refractivity contribution >= 4 is 17.6 Å². The lowest BCUT2D eigenvalue weighted by Gasteiger charge is -2.46. The van der Waals surface area contributed by atoms with Gasteiger partial charge in [-0.2, -0.15) is 0 Å². The Balaban J connectivity index is 2.40. The summed E-state index contributed by atoms with van der Waals surface area (Å²) in [5.74, 6) is -5.04. The topological polar surface area (TPSA) is 209 Å². The molecule has 30 heavy (non-hydrogen) atoms. The van der Waals surface area contributed by atoms with Gasteiger partial charge in [0.15, 0.2) is 0 Å². The Hall–Kier alpha value is -2.84. The van der Waals surface area contributed by atoms with E-state index in [1.807, 2.05) is 0 Å². The Morgan fingerprint density at radius 1 is 1.37 bits per heavy atom. The van der Waals surface area contributed by atoms with Crippen LogP contribution < -0.4 is 10.1 Å². The molecule has 13 nitrogen and oxygen atoms in total. The fourth-order valence-electron chi connectivity index (χ4n) is 3.06. The molecule has 6 atom stereocenters. The van der Waals surface area contributed by atoms with Gasteiger partial charge in [-0.05, 0) is 12.1 Å². The smallest absolute Gasteiger partial charge is 0.377 e. The molecule has 0 aromatic heterocycles.